The zero-order chi connectivity index (χ0) is 12.1. The van der Waals surface area contributed by atoms with E-state index in [-0.39, 0.29) is 5.91 Å². The monoisotopic (exact) mass is 412 g/mol. The van der Waals surface area contributed by atoms with Crippen molar-refractivity contribution in [3.63, 3.8) is 0 Å². The number of anilines is 1. The number of hydrogen-bond donors (Lipinski definition) is 2. The van der Waals surface area contributed by atoms with Gasteiger partial charge in [0.15, 0.2) is 0 Å². The van der Waals surface area contributed by atoms with E-state index in [1.807, 2.05) is 12.1 Å². The van der Waals surface area contributed by atoms with Crippen LogP contribution in [0.25, 0.3) is 0 Å². The van der Waals surface area contributed by atoms with Gasteiger partial charge in [-0.15, -0.1) is 0 Å². The molecule has 0 bridgehead atoms. The fourth-order valence-corrected chi connectivity index (χ4v) is 3.68. The van der Waals surface area contributed by atoms with Gasteiger partial charge in [0, 0.05) is 33.4 Å². The Balaban J connectivity index is 2.64. The van der Waals surface area contributed by atoms with Crippen molar-refractivity contribution in [1.29, 1.82) is 0 Å². The molecule has 0 aliphatic carbocycles. The van der Waals surface area contributed by atoms with Gasteiger partial charge in [0.1, 0.15) is 0 Å². The van der Waals surface area contributed by atoms with Crippen LogP contribution in [-0.2, 0) is 4.79 Å². The zero-order valence-corrected chi connectivity index (χ0v) is 13.4. The van der Waals surface area contributed by atoms with Crippen molar-refractivity contribution in [2.75, 3.05) is 18.9 Å². The van der Waals surface area contributed by atoms with E-state index >= 15 is 0 Å². The van der Waals surface area contributed by atoms with Gasteiger partial charge in [0.25, 0.3) is 0 Å². The highest BCUT2D eigenvalue weighted by atomic mass is 79.9. The van der Waals surface area contributed by atoms with Crippen LogP contribution in [0.2, 0.25) is 0 Å². The first-order chi connectivity index (χ1) is 7.54. The maximum absolute atomic E-state index is 11.0. The summed E-state index contributed by atoms with van der Waals surface area (Å²) in [6.07, 6.45) is 0.450. The molecule has 0 aromatic heterocycles. The van der Waals surface area contributed by atoms with Crippen LogP contribution in [0.4, 0.5) is 5.69 Å². The van der Waals surface area contributed by atoms with Crippen molar-refractivity contribution < 1.29 is 4.79 Å². The van der Waals surface area contributed by atoms with E-state index < -0.39 is 0 Å². The number of carbonyl (C=O) groups is 1. The van der Waals surface area contributed by atoms with Crippen LogP contribution < -0.4 is 10.6 Å². The first-order valence-corrected chi connectivity index (χ1v) is 7.01. The quantitative estimate of drug-likeness (QED) is 0.791. The lowest BCUT2D eigenvalue weighted by molar-refractivity contribution is -0.120. The molecule has 0 fully saturated rings. The first kappa shape index (κ1) is 14.0. The molecule has 6 heteroatoms. The molecule has 0 radical (unpaired) electrons. The number of rotatable bonds is 4. The summed E-state index contributed by atoms with van der Waals surface area (Å²) in [6.45, 7) is 0.596. The van der Waals surface area contributed by atoms with Gasteiger partial charge in [0.2, 0.25) is 5.91 Å². The van der Waals surface area contributed by atoms with E-state index in [2.05, 4.69) is 58.4 Å². The molecule has 0 saturated heterocycles. The van der Waals surface area contributed by atoms with Crippen molar-refractivity contribution >= 4 is 59.4 Å². The van der Waals surface area contributed by atoms with Gasteiger partial charge in [0.05, 0.1) is 5.69 Å². The molecule has 2 N–H and O–H groups in total. The number of hydrogen-bond acceptors (Lipinski definition) is 2. The van der Waals surface area contributed by atoms with Gasteiger partial charge in [-0.2, -0.15) is 0 Å². The zero-order valence-electron chi connectivity index (χ0n) is 8.61. The lowest BCUT2D eigenvalue weighted by Gasteiger charge is -2.10. The second-order valence-corrected chi connectivity index (χ2v) is 5.72. The highest BCUT2D eigenvalue weighted by molar-refractivity contribution is 9.11. The summed E-state index contributed by atoms with van der Waals surface area (Å²) in [5.74, 6) is 0.0249. The minimum Gasteiger partial charge on any atom is -0.383 e. The fourth-order valence-electron chi connectivity index (χ4n) is 1.14. The molecule has 3 nitrogen and oxygen atoms in total. The molecule has 0 saturated carbocycles. The highest BCUT2D eigenvalue weighted by Gasteiger charge is 2.06. The lowest BCUT2D eigenvalue weighted by atomic mass is 10.3. The summed E-state index contributed by atoms with van der Waals surface area (Å²) >= 11 is 10.3. The maximum Gasteiger partial charge on any atom is 0.221 e. The number of halogens is 3. The Kier molecular flexibility index (Phi) is 5.78. The average molecular weight is 415 g/mol. The van der Waals surface area contributed by atoms with Gasteiger partial charge < -0.3 is 10.6 Å². The summed E-state index contributed by atoms with van der Waals surface area (Å²) in [5, 5.41) is 5.78. The molecule has 1 rings (SSSR count). The molecule has 0 aliphatic rings. The third kappa shape index (κ3) is 4.07. The summed E-state index contributed by atoms with van der Waals surface area (Å²) in [4.78, 5) is 11.0. The molecule has 0 heterocycles. The minimum atomic E-state index is 0.0249. The first-order valence-electron chi connectivity index (χ1n) is 4.63. The van der Waals surface area contributed by atoms with Crippen molar-refractivity contribution in [1.82, 2.24) is 5.32 Å². The van der Waals surface area contributed by atoms with Crippen LogP contribution in [0, 0.1) is 0 Å². The van der Waals surface area contributed by atoms with Crippen LogP contribution in [0.1, 0.15) is 6.42 Å². The Labute approximate surface area is 120 Å². The Hall–Kier alpha value is -0.0700. The van der Waals surface area contributed by atoms with Crippen LogP contribution >= 0.6 is 47.8 Å². The highest BCUT2D eigenvalue weighted by Crippen LogP contribution is 2.34. The van der Waals surface area contributed by atoms with Gasteiger partial charge in [-0.25, -0.2) is 0 Å². The molecular weight excluding hydrogens is 404 g/mol. The summed E-state index contributed by atoms with van der Waals surface area (Å²) in [5.41, 5.74) is 0.951. The SMILES string of the molecule is CNC(=O)CCNc1c(Br)cc(Br)cc1Br. The second-order valence-electron chi connectivity index (χ2n) is 3.09. The molecule has 0 spiro atoms. The van der Waals surface area contributed by atoms with Crippen LogP contribution in [0.3, 0.4) is 0 Å². The maximum atomic E-state index is 11.0. The fraction of sp³-hybridized carbons (Fsp3) is 0.300. The van der Waals surface area contributed by atoms with E-state index in [0.717, 1.165) is 19.1 Å². The second kappa shape index (κ2) is 6.61. The van der Waals surface area contributed by atoms with Crippen molar-refractivity contribution in [2.45, 2.75) is 6.42 Å². The van der Waals surface area contributed by atoms with E-state index in [1.165, 1.54) is 0 Å². The van der Waals surface area contributed by atoms with Crippen molar-refractivity contribution in [3.05, 3.63) is 25.6 Å². The average Bonchev–Trinajstić information content (AvgIpc) is 2.21. The molecule has 16 heavy (non-hydrogen) atoms. The normalized spacial score (nSPS) is 10.0. The molecule has 88 valence electrons. The summed E-state index contributed by atoms with van der Waals surface area (Å²) in [6, 6.07) is 3.90. The van der Waals surface area contributed by atoms with Gasteiger partial charge in [-0.05, 0) is 44.0 Å². The Morgan fingerprint density at radius 1 is 1.25 bits per heavy atom. The smallest absolute Gasteiger partial charge is 0.221 e. The van der Waals surface area contributed by atoms with Gasteiger partial charge >= 0.3 is 0 Å². The van der Waals surface area contributed by atoms with E-state index in [4.69, 9.17) is 0 Å². The standard InChI is InChI=1S/C10H11Br3N2O/c1-14-9(16)2-3-15-10-7(12)4-6(11)5-8(10)13/h4-5,15H,2-3H2,1H3,(H,14,16). The summed E-state index contributed by atoms with van der Waals surface area (Å²) < 4.78 is 2.89. The Morgan fingerprint density at radius 3 is 2.31 bits per heavy atom. The largest absolute Gasteiger partial charge is 0.383 e. The molecule has 0 aliphatic heterocycles. The molecule has 1 aromatic rings. The van der Waals surface area contributed by atoms with Crippen molar-refractivity contribution in [2.24, 2.45) is 0 Å². The Morgan fingerprint density at radius 2 is 1.81 bits per heavy atom. The predicted molar refractivity (Wildman–Crippen MR) is 76.7 cm³/mol. The molecule has 1 amide bonds. The third-order valence-electron chi connectivity index (χ3n) is 1.94. The van der Waals surface area contributed by atoms with Crippen LogP contribution in [0.15, 0.2) is 25.6 Å². The number of nitrogens with one attached hydrogen (secondary N) is 2. The number of carbonyl (C=O) groups excluding carboxylic acids is 1. The predicted octanol–water partition coefficient (Wildman–Crippen LogP) is 3.52. The van der Waals surface area contributed by atoms with E-state index in [0.29, 0.717) is 13.0 Å². The summed E-state index contributed by atoms with van der Waals surface area (Å²) in [7, 11) is 1.63. The molecule has 0 unspecified atom stereocenters. The van der Waals surface area contributed by atoms with Crippen molar-refractivity contribution in [3.8, 4) is 0 Å². The number of benzene rings is 1. The Bertz CT molecular complexity index is 373. The third-order valence-corrected chi connectivity index (χ3v) is 3.65. The van der Waals surface area contributed by atoms with Gasteiger partial charge in [-0.1, -0.05) is 15.9 Å². The topological polar surface area (TPSA) is 41.1 Å². The molecule has 0 atom stereocenters. The number of amides is 1. The minimum absolute atomic E-state index is 0.0249. The van der Waals surface area contributed by atoms with Crippen LogP contribution in [-0.4, -0.2) is 19.5 Å². The van der Waals surface area contributed by atoms with E-state index in [9.17, 15) is 4.79 Å². The van der Waals surface area contributed by atoms with E-state index in [1.54, 1.807) is 7.05 Å². The molecule has 1 aromatic carbocycles. The van der Waals surface area contributed by atoms with Crippen LogP contribution in [0.5, 0.6) is 0 Å². The molecular formula is C10H11Br3N2O. The lowest BCUT2D eigenvalue weighted by Crippen LogP contribution is -2.20. The van der Waals surface area contributed by atoms with Gasteiger partial charge in [-0.3, -0.25) is 4.79 Å².